The Morgan fingerprint density at radius 3 is 2.44 bits per heavy atom. The number of nitrogens with one attached hydrogen (secondary N) is 2. The number of nitrogens with zero attached hydrogens (tertiary/aromatic N) is 10. The maximum Gasteiger partial charge on any atom is 0.328 e. The van der Waals surface area contributed by atoms with Gasteiger partial charge in [-0.25, -0.2) is 27.5 Å². The van der Waals surface area contributed by atoms with E-state index in [1.54, 1.807) is 15.8 Å². The Hall–Kier alpha value is -5.56. The lowest BCUT2D eigenvalue weighted by atomic mass is 9.85. The van der Waals surface area contributed by atoms with Gasteiger partial charge in [0.2, 0.25) is 5.91 Å². The Morgan fingerprint density at radius 2 is 1.72 bits per heavy atom. The van der Waals surface area contributed by atoms with Crippen LogP contribution >= 0.6 is 0 Å². The maximum absolute atomic E-state index is 14.7. The molecule has 3 saturated heterocycles. The van der Waals surface area contributed by atoms with Crippen molar-refractivity contribution >= 4 is 46.6 Å². The molecule has 326 valence electrons. The first kappa shape index (κ1) is 42.1. The van der Waals surface area contributed by atoms with Crippen LogP contribution in [0.2, 0.25) is 0 Å². The molecular formula is C42H53F3N12O4. The number of hydrogen-bond donors (Lipinski definition) is 2. The summed E-state index contributed by atoms with van der Waals surface area (Å²) >= 11 is 0. The van der Waals surface area contributed by atoms with Crippen LogP contribution < -0.4 is 20.4 Å². The third-order valence-corrected chi connectivity index (χ3v) is 12.8. The number of amides is 5. The van der Waals surface area contributed by atoms with Crippen LogP contribution in [0.1, 0.15) is 90.2 Å². The molecule has 4 aliphatic rings. The number of fused-ring (bicyclic) bond motifs is 1. The predicted octanol–water partition coefficient (Wildman–Crippen LogP) is 5.06. The third kappa shape index (κ3) is 9.51. The molecule has 8 rings (SSSR count). The highest BCUT2D eigenvalue weighted by Crippen LogP contribution is 2.36. The molecule has 2 N–H and O–H groups in total. The Morgan fingerprint density at radius 1 is 0.967 bits per heavy atom. The van der Waals surface area contributed by atoms with Crippen molar-refractivity contribution in [1.82, 2.24) is 44.4 Å². The van der Waals surface area contributed by atoms with Crippen LogP contribution in [0.5, 0.6) is 0 Å². The van der Waals surface area contributed by atoms with Gasteiger partial charge in [-0.15, -0.1) is 0 Å². The normalized spacial score (nSPS) is 20.9. The standard InChI is InChI=1S/C42H53F3N12O4/c1-51-19-21-53(22-20-51)35-12-18-56-39(48-35)31(24-46-56)40(59)47-33-26-57(50-37(33)38(44)45)30-6-3-28(4-7-30)25-52(2)14-9-27-10-15-54(16-11-27)41(60)29-5-8-32(43)34(23-29)55-17-13-36(58)49-42(55)61/h5,8,12,18,23-24,26-28,30,38H,3-4,6-7,9-11,13-17,19-22,25H2,1-2H3,(H,47,59)(H,49,58,61). The fraction of sp³-hybridized carbons (Fsp3) is 0.548. The van der Waals surface area contributed by atoms with Crippen LogP contribution in [0, 0.1) is 17.7 Å². The van der Waals surface area contributed by atoms with E-state index in [1.165, 1.54) is 35.1 Å². The first-order valence-electron chi connectivity index (χ1n) is 21.2. The van der Waals surface area contributed by atoms with Crippen LogP contribution in [0.25, 0.3) is 5.65 Å². The highest BCUT2D eigenvalue weighted by molar-refractivity contribution is 6.08. The third-order valence-electron chi connectivity index (χ3n) is 12.8. The summed E-state index contributed by atoms with van der Waals surface area (Å²) in [6, 6.07) is 5.11. The fourth-order valence-corrected chi connectivity index (χ4v) is 9.05. The van der Waals surface area contributed by atoms with Gasteiger partial charge in [0, 0.05) is 76.7 Å². The fourth-order valence-electron chi connectivity index (χ4n) is 9.05. The number of likely N-dealkylation sites (N-methyl/N-ethyl adjacent to an activating group) is 1. The number of piperazine rings is 1. The topological polar surface area (TPSA) is 157 Å². The Balaban J connectivity index is 0.790. The van der Waals surface area contributed by atoms with E-state index in [4.69, 9.17) is 4.98 Å². The van der Waals surface area contributed by atoms with Gasteiger partial charge in [0.1, 0.15) is 17.2 Å². The molecule has 6 heterocycles. The zero-order chi connectivity index (χ0) is 42.8. The van der Waals surface area contributed by atoms with Gasteiger partial charge in [0.15, 0.2) is 11.3 Å². The van der Waals surface area contributed by atoms with Gasteiger partial charge in [0.25, 0.3) is 18.2 Å². The van der Waals surface area contributed by atoms with Crippen molar-refractivity contribution in [3.8, 4) is 0 Å². The molecule has 0 atom stereocenters. The number of piperidine rings is 1. The van der Waals surface area contributed by atoms with Gasteiger partial charge in [-0.3, -0.25) is 29.3 Å². The van der Waals surface area contributed by atoms with Crippen LogP contribution in [-0.2, 0) is 4.79 Å². The molecule has 1 saturated carbocycles. The van der Waals surface area contributed by atoms with Crippen LogP contribution in [0.3, 0.4) is 0 Å². The zero-order valence-electron chi connectivity index (χ0n) is 34.6. The largest absolute Gasteiger partial charge is 0.354 e. The Labute approximate surface area is 352 Å². The number of carbonyl (C=O) groups is 4. The lowest BCUT2D eigenvalue weighted by Crippen LogP contribution is -2.50. The summed E-state index contributed by atoms with van der Waals surface area (Å²) in [6.45, 7) is 6.46. The lowest BCUT2D eigenvalue weighted by molar-refractivity contribution is -0.120. The number of hydrogen-bond acceptors (Lipinski definition) is 10. The zero-order valence-corrected chi connectivity index (χ0v) is 34.6. The molecule has 3 aromatic heterocycles. The summed E-state index contributed by atoms with van der Waals surface area (Å²) < 4.78 is 46.3. The van der Waals surface area contributed by atoms with E-state index in [0.717, 1.165) is 94.9 Å². The van der Waals surface area contributed by atoms with Gasteiger partial charge in [-0.2, -0.15) is 10.2 Å². The smallest absolute Gasteiger partial charge is 0.328 e. The Bertz CT molecular complexity index is 2240. The summed E-state index contributed by atoms with van der Waals surface area (Å²) in [5.41, 5.74) is 0.356. The van der Waals surface area contributed by atoms with Crippen LogP contribution in [-0.4, -0.2) is 136 Å². The minimum absolute atomic E-state index is 0.0146. The number of imide groups is 1. The lowest BCUT2D eigenvalue weighted by Gasteiger charge is -2.34. The summed E-state index contributed by atoms with van der Waals surface area (Å²) in [6.07, 6.45) is 8.02. The van der Waals surface area contributed by atoms with E-state index >= 15 is 0 Å². The number of aromatic nitrogens is 5. The van der Waals surface area contributed by atoms with Gasteiger partial charge in [0.05, 0.1) is 23.6 Å². The van der Waals surface area contributed by atoms with Crippen molar-refractivity contribution in [2.24, 2.45) is 11.8 Å². The highest BCUT2D eigenvalue weighted by atomic mass is 19.3. The number of urea groups is 1. The van der Waals surface area contributed by atoms with Gasteiger partial charge in [-0.1, -0.05) is 0 Å². The Kier molecular flexibility index (Phi) is 12.6. The van der Waals surface area contributed by atoms with Crippen LogP contribution in [0.4, 0.5) is 35.2 Å². The quantitative estimate of drug-likeness (QED) is 0.198. The minimum atomic E-state index is -2.87. The number of alkyl halides is 2. The van der Waals surface area contributed by atoms with Crippen molar-refractivity contribution < 1.29 is 32.3 Å². The SMILES string of the molecule is CN1CCN(c2ccn3ncc(C(=O)Nc4cn(C5CCC(CN(C)CCC6CCN(C(=O)c7ccc(F)c(N8CCC(=O)NC8=O)c7)CC6)CC5)nc4C(F)F)c3n2)CC1. The molecule has 0 bridgehead atoms. The van der Waals surface area contributed by atoms with E-state index in [1.807, 2.05) is 6.07 Å². The second-order valence-electron chi connectivity index (χ2n) is 16.9. The molecule has 1 aromatic carbocycles. The second-order valence-corrected chi connectivity index (χ2v) is 16.9. The number of rotatable bonds is 12. The van der Waals surface area contributed by atoms with Crippen molar-refractivity contribution in [3.63, 3.8) is 0 Å². The van der Waals surface area contributed by atoms with Gasteiger partial charge < -0.3 is 24.9 Å². The highest BCUT2D eigenvalue weighted by Gasteiger charge is 2.31. The van der Waals surface area contributed by atoms with E-state index < -0.39 is 35.8 Å². The number of halogens is 3. The molecule has 4 fully saturated rings. The molecule has 4 aromatic rings. The average Bonchev–Trinajstić information content (AvgIpc) is 3.88. The predicted molar refractivity (Wildman–Crippen MR) is 221 cm³/mol. The average molecular weight is 847 g/mol. The molecule has 5 amide bonds. The molecule has 1 aliphatic carbocycles. The maximum atomic E-state index is 14.7. The molecular weight excluding hydrogens is 794 g/mol. The van der Waals surface area contributed by atoms with E-state index in [2.05, 4.69) is 49.6 Å². The molecule has 0 unspecified atom stereocenters. The van der Waals surface area contributed by atoms with Crippen molar-refractivity contribution in [2.45, 2.75) is 63.8 Å². The number of carbonyl (C=O) groups excluding carboxylic acids is 4. The second kappa shape index (κ2) is 18.2. The van der Waals surface area contributed by atoms with E-state index in [-0.39, 0.29) is 41.9 Å². The molecule has 3 aliphatic heterocycles. The monoisotopic (exact) mass is 846 g/mol. The number of likely N-dealkylation sites (tertiary alicyclic amines) is 1. The van der Waals surface area contributed by atoms with E-state index in [0.29, 0.717) is 36.1 Å². The van der Waals surface area contributed by atoms with Gasteiger partial charge in [-0.05, 0) is 102 Å². The first-order valence-corrected chi connectivity index (χ1v) is 21.2. The first-order chi connectivity index (χ1) is 29.4. The molecule has 19 heteroatoms. The number of anilines is 3. The minimum Gasteiger partial charge on any atom is -0.354 e. The van der Waals surface area contributed by atoms with Gasteiger partial charge >= 0.3 is 6.03 Å². The molecule has 0 spiro atoms. The molecule has 0 radical (unpaired) electrons. The van der Waals surface area contributed by atoms with Crippen molar-refractivity contribution in [2.75, 3.05) is 88.1 Å². The number of benzene rings is 1. The molecule has 16 nitrogen and oxygen atoms in total. The van der Waals surface area contributed by atoms with Crippen molar-refractivity contribution in [1.29, 1.82) is 0 Å². The van der Waals surface area contributed by atoms with Crippen LogP contribution in [0.15, 0.2) is 42.9 Å². The summed E-state index contributed by atoms with van der Waals surface area (Å²) in [5, 5.41) is 13.4. The summed E-state index contributed by atoms with van der Waals surface area (Å²) in [4.78, 5) is 65.1. The van der Waals surface area contributed by atoms with Crippen molar-refractivity contribution in [3.05, 3.63) is 65.5 Å². The summed E-state index contributed by atoms with van der Waals surface area (Å²) in [7, 11) is 4.20. The summed E-state index contributed by atoms with van der Waals surface area (Å²) in [5.74, 6) is -0.179. The molecule has 61 heavy (non-hydrogen) atoms. The van der Waals surface area contributed by atoms with E-state index in [9.17, 15) is 32.3 Å².